The summed E-state index contributed by atoms with van der Waals surface area (Å²) in [6.07, 6.45) is -1.08. The molecule has 4 N–H and O–H groups in total. The van der Waals surface area contributed by atoms with Gasteiger partial charge in [0, 0.05) is 5.56 Å². The molecule has 0 aliphatic rings. The Bertz CT molecular complexity index is 486. The van der Waals surface area contributed by atoms with Gasteiger partial charge in [0.1, 0.15) is 6.10 Å². The summed E-state index contributed by atoms with van der Waals surface area (Å²) in [6, 6.07) is 17.7. The Kier molecular flexibility index (Phi) is 6.46. The second-order valence-corrected chi connectivity index (χ2v) is 3.83. The van der Waals surface area contributed by atoms with Crippen LogP contribution in [0.15, 0.2) is 60.7 Å². The van der Waals surface area contributed by atoms with Crippen molar-refractivity contribution < 1.29 is 9.90 Å². The Morgan fingerprint density at radius 2 is 1.47 bits per heavy atom. The zero-order valence-electron chi connectivity index (χ0n) is 10.8. The van der Waals surface area contributed by atoms with E-state index in [1.54, 1.807) is 55.6 Å². The van der Waals surface area contributed by atoms with E-state index in [-0.39, 0.29) is 5.78 Å². The van der Waals surface area contributed by atoms with Crippen LogP contribution in [0.4, 0.5) is 0 Å². The quantitative estimate of drug-likeness (QED) is 0.445. The lowest BCUT2D eigenvalue weighted by molar-refractivity contribution is 0.0747. The fourth-order valence-corrected chi connectivity index (χ4v) is 1.55. The third-order valence-corrected chi connectivity index (χ3v) is 2.42. The lowest BCUT2D eigenvalue weighted by Crippen LogP contribution is -2.13. The molecule has 0 saturated heterocycles. The highest BCUT2D eigenvalue weighted by Gasteiger charge is 2.18. The van der Waals surface area contributed by atoms with Crippen LogP contribution in [0.5, 0.6) is 0 Å². The van der Waals surface area contributed by atoms with Crippen LogP contribution in [0.2, 0.25) is 0 Å². The summed E-state index contributed by atoms with van der Waals surface area (Å²) in [5.74, 6) is 4.33. The van der Waals surface area contributed by atoms with Gasteiger partial charge in [-0.1, -0.05) is 60.7 Å². The van der Waals surface area contributed by atoms with Crippen molar-refractivity contribution in [3.05, 3.63) is 71.8 Å². The van der Waals surface area contributed by atoms with Gasteiger partial charge in [0.25, 0.3) is 0 Å². The molecule has 0 aliphatic heterocycles. The van der Waals surface area contributed by atoms with Crippen LogP contribution >= 0.6 is 0 Å². The van der Waals surface area contributed by atoms with Gasteiger partial charge in [-0.3, -0.25) is 16.1 Å². The number of nitrogens with two attached hydrogens (primary N) is 1. The fraction of sp³-hybridized carbons (Fsp3) is 0.133. The molecule has 1 unspecified atom stereocenters. The molecule has 4 nitrogen and oxygen atoms in total. The van der Waals surface area contributed by atoms with E-state index in [1.165, 1.54) is 0 Å². The maximum Gasteiger partial charge on any atom is 0.195 e. The van der Waals surface area contributed by atoms with Crippen molar-refractivity contribution >= 4 is 5.78 Å². The Morgan fingerprint density at radius 1 is 1.05 bits per heavy atom. The SMILES string of the molecule is CNN.O=C(c1ccccc1)C(O)c1ccccc1. The molecule has 0 fully saturated rings. The molecule has 19 heavy (non-hydrogen) atoms. The average molecular weight is 258 g/mol. The molecule has 2 aromatic carbocycles. The van der Waals surface area contributed by atoms with Gasteiger partial charge in [-0.15, -0.1) is 0 Å². The standard InChI is InChI=1S/C14H12O2.CH6N2/c15-13(11-7-3-1-4-8-11)14(16)12-9-5-2-6-10-12;1-3-2/h1-10,13,15H;3H,2H2,1H3. The average Bonchev–Trinajstić information content (AvgIpc) is 2.48. The Labute approximate surface area is 112 Å². The molecule has 0 heterocycles. The number of hydrogen-bond donors (Lipinski definition) is 3. The van der Waals surface area contributed by atoms with Gasteiger partial charge in [0.2, 0.25) is 0 Å². The van der Waals surface area contributed by atoms with Crippen LogP contribution in [0.3, 0.4) is 0 Å². The van der Waals surface area contributed by atoms with E-state index in [1.807, 2.05) is 12.1 Å². The van der Waals surface area contributed by atoms with Crippen molar-refractivity contribution in [2.75, 3.05) is 7.05 Å². The summed E-state index contributed by atoms with van der Waals surface area (Å²) >= 11 is 0. The highest BCUT2D eigenvalue weighted by molar-refractivity contribution is 5.99. The third-order valence-electron chi connectivity index (χ3n) is 2.42. The number of carbonyl (C=O) groups is 1. The summed E-state index contributed by atoms with van der Waals surface area (Å²) in [5, 5.41) is 9.89. The molecule has 1 atom stereocenters. The number of nitrogens with one attached hydrogen (secondary N) is 1. The molecular weight excluding hydrogens is 240 g/mol. The first-order valence-electron chi connectivity index (χ1n) is 5.90. The van der Waals surface area contributed by atoms with Gasteiger partial charge in [-0.2, -0.15) is 0 Å². The van der Waals surface area contributed by atoms with E-state index in [9.17, 15) is 9.90 Å². The van der Waals surface area contributed by atoms with E-state index in [0.29, 0.717) is 11.1 Å². The minimum absolute atomic E-state index is 0.271. The van der Waals surface area contributed by atoms with Gasteiger partial charge >= 0.3 is 0 Å². The number of rotatable bonds is 3. The summed E-state index contributed by atoms with van der Waals surface area (Å²) in [4.78, 5) is 11.9. The number of hydrogen-bond acceptors (Lipinski definition) is 4. The predicted octanol–water partition coefficient (Wildman–Crippen LogP) is 1.68. The van der Waals surface area contributed by atoms with E-state index < -0.39 is 6.10 Å². The number of ketones is 1. The largest absolute Gasteiger partial charge is 0.380 e. The number of hydrazine groups is 1. The summed E-state index contributed by atoms with van der Waals surface area (Å²) < 4.78 is 0. The normalized spacial score (nSPS) is 11.1. The van der Waals surface area contributed by atoms with Crippen molar-refractivity contribution in [2.45, 2.75) is 6.10 Å². The monoisotopic (exact) mass is 258 g/mol. The first-order valence-corrected chi connectivity index (χ1v) is 5.90. The van der Waals surface area contributed by atoms with Crippen molar-refractivity contribution in [2.24, 2.45) is 5.84 Å². The number of aliphatic hydroxyl groups is 1. The molecule has 0 saturated carbocycles. The molecule has 0 amide bonds. The molecule has 2 aromatic rings. The maximum atomic E-state index is 11.9. The number of aliphatic hydroxyl groups excluding tert-OH is 1. The van der Waals surface area contributed by atoms with Crippen molar-refractivity contribution in [1.29, 1.82) is 0 Å². The van der Waals surface area contributed by atoms with Crippen LogP contribution in [0.25, 0.3) is 0 Å². The van der Waals surface area contributed by atoms with Gasteiger partial charge in [-0.25, -0.2) is 0 Å². The van der Waals surface area contributed by atoms with Crippen molar-refractivity contribution in [3.8, 4) is 0 Å². The topological polar surface area (TPSA) is 75.3 Å². The lowest BCUT2D eigenvalue weighted by atomic mass is 10.0. The zero-order valence-corrected chi connectivity index (χ0v) is 10.8. The number of Topliss-reactive ketones (excluding diaryl/α,β-unsaturated/α-hetero) is 1. The van der Waals surface area contributed by atoms with Crippen molar-refractivity contribution in [3.63, 3.8) is 0 Å². The van der Waals surface area contributed by atoms with Crippen LogP contribution in [0, 0.1) is 0 Å². The fourth-order valence-electron chi connectivity index (χ4n) is 1.55. The van der Waals surface area contributed by atoms with E-state index in [2.05, 4.69) is 11.3 Å². The van der Waals surface area contributed by atoms with Gasteiger partial charge in [0.05, 0.1) is 0 Å². The van der Waals surface area contributed by atoms with Crippen molar-refractivity contribution in [1.82, 2.24) is 5.43 Å². The Morgan fingerprint density at radius 3 is 1.95 bits per heavy atom. The smallest absolute Gasteiger partial charge is 0.195 e. The predicted molar refractivity (Wildman–Crippen MR) is 75.4 cm³/mol. The minimum Gasteiger partial charge on any atom is -0.380 e. The number of carbonyl (C=O) groups excluding carboxylic acids is 1. The maximum absolute atomic E-state index is 11.9. The zero-order chi connectivity index (χ0) is 14.1. The third kappa shape index (κ3) is 4.63. The van der Waals surface area contributed by atoms with Gasteiger partial charge in [-0.05, 0) is 12.6 Å². The highest BCUT2D eigenvalue weighted by atomic mass is 16.3. The second-order valence-electron chi connectivity index (χ2n) is 3.83. The van der Waals surface area contributed by atoms with Gasteiger partial charge < -0.3 is 5.11 Å². The first-order chi connectivity index (χ1) is 9.20. The minimum atomic E-state index is -1.08. The van der Waals surface area contributed by atoms with E-state index >= 15 is 0 Å². The van der Waals surface area contributed by atoms with E-state index in [4.69, 9.17) is 0 Å². The molecule has 0 spiro atoms. The first kappa shape index (κ1) is 15.0. The van der Waals surface area contributed by atoms with Crippen LogP contribution < -0.4 is 11.3 Å². The molecule has 4 heteroatoms. The summed E-state index contributed by atoms with van der Waals surface area (Å²) in [6.45, 7) is 0. The number of benzene rings is 2. The summed E-state index contributed by atoms with van der Waals surface area (Å²) in [5.41, 5.74) is 3.40. The Hall–Kier alpha value is -2.01. The molecule has 2 rings (SSSR count). The van der Waals surface area contributed by atoms with Crippen LogP contribution in [0.1, 0.15) is 22.0 Å². The molecule has 0 aliphatic carbocycles. The summed E-state index contributed by atoms with van der Waals surface area (Å²) in [7, 11) is 1.65. The molecule has 0 aromatic heterocycles. The van der Waals surface area contributed by atoms with Crippen LogP contribution in [-0.2, 0) is 0 Å². The Balaban J connectivity index is 0.000000550. The van der Waals surface area contributed by atoms with Crippen LogP contribution in [-0.4, -0.2) is 17.9 Å². The molecule has 0 bridgehead atoms. The highest BCUT2D eigenvalue weighted by Crippen LogP contribution is 2.17. The molecule has 100 valence electrons. The van der Waals surface area contributed by atoms with Gasteiger partial charge in [0.15, 0.2) is 5.78 Å². The molecule has 0 radical (unpaired) electrons. The second kappa shape index (κ2) is 8.16. The lowest BCUT2D eigenvalue weighted by Gasteiger charge is -2.09. The van der Waals surface area contributed by atoms with E-state index in [0.717, 1.165) is 0 Å². The molecular formula is C15H18N2O2.